The predicted octanol–water partition coefficient (Wildman–Crippen LogP) is 3.01. The van der Waals surface area contributed by atoms with Crippen molar-refractivity contribution < 1.29 is 0 Å². The zero-order valence-electron chi connectivity index (χ0n) is 11.4. The molecule has 16 heavy (non-hydrogen) atoms. The molecular formula is C14H30N2. The van der Waals surface area contributed by atoms with Crippen molar-refractivity contribution >= 4 is 0 Å². The summed E-state index contributed by atoms with van der Waals surface area (Å²) in [4.78, 5) is 2.45. The molecule has 96 valence electrons. The van der Waals surface area contributed by atoms with Crippen molar-refractivity contribution in [2.24, 2.45) is 11.7 Å². The van der Waals surface area contributed by atoms with Gasteiger partial charge in [0.05, 0.1) is 0 Å². The molecule has 0 aromatic carbocycles. The van der Waals surface area contributed by atoms with Crippen LogP contribution in [0.2, 0.25) is 0 Å². The Hall–Kier alpha value is -0.0800. The molecule has 0 bridgehead atoms. The van der Waals surface area contributed by atoms with Crippen LogP contribution in [0.25, 0.3) is 0 Å². The lowest BCUT2D eigenvalue weighted by molar-refractivity contribution is 0.191. The third-order valence-electron chi connectivity index (χ3n) is 4.21. The van der Waals surface area contributed by atoms with Crippen LogP contribution in [0.3, 0.4) is 0 Å². The SMILES string of the molecule is CCCC(C)N(C)CC(N)C1CCCCC1. The molecule has 0 aliphatic heterocycles. The highest BCUT2D eigenvalue weighted by Crippen LogP contribution is 2.26. The monoisotopic (exact) mass is 226 g/mol. The summed E-state index contributed by atoms with van der Waals surface area (Å²) >= 11 is 0. The molecule has 0 aromatic heterocycles. The Morgan fingerprint density at radius 1 is 1.25 bits per heavy atom. The maximum absolute atomic E-state index is 6.34. The molecule has 0 aromatic rings. The van der Waals surface area contributed by atoms with E-state index in [9.17, 15) is 0 Å². The maximum Gasteiger partial charge on any atom is 0.0196 e. The molecule has 1 fully saturated rings. The number of hydrogen-bond donors (Lipinski definition) is 1. The van der Waals surface area contributed by atoms with Gasteiger partial charge in [0.2, 0.25) is 0 Å². The van der Waals surface area contributed by atoms with Crippen LogP contribution in [0.4, 0.5) is 0 Å². The van der Waals surface area contributed by atoms with Gasteiger partial charge in [0.1, 0.15) is 0 Å². The highest BCUT2D eigenvalue weighted by atomic mass is 15.1. The zero-order valence-corrected chi connectivity index (χ0v) is 11.4. The van der Waals surface area contributed by atoms with E-state index in [1.165, 1.54) is 44.9 Å². The minimum Gasteiger partial charge on any atom is -0.326 e. The van der Waals surface area contributed by atoms with E-state index < -0.39 is 0 Å². The van der Waals surface area contributed by atoms with Gasteiger partial charge < -0.3 is 10.6 Å². The Kier molecular flexibility index (Phi) is 6.37. The van der Waals surface area contributed by atoms with E-state index in [4.69, 9.17) is 5.73 Å². The van der Waals surface area contributed by atoms with Gasteiger partial charge in [0.15, 0.2) is 0 Å². The van der Waals surface area contributed by atoms with Gasteiger partial charge in [-0.05, 0) is 39.2 Å². The van der Waals surface area contributed by atoms with Crippen molar-refractivity contribution in [2.75, 3.05) is 13.6 Å². The Morgan fingerprint density at radius 2 is 1.88 bits per heavy atom. The predicted molar refractivity (Wildman–Crippen MR) is 71.6 cm³/mol. The number of nitrogens with two attached hydrogens (primary N) is 1. The van der Waals surface area contributed by atoms with Gasteiger partial charge in [-0.1, -0.05) is 32.6 Å². The first kappa shape index (κ1) is 14.0. The molecule has 2 atom stereocenters. The molecule has 1 aliphatic carbocycles. The van der Waals surface area contributed by atoms with Crippen LogP contribution in [0.1, 0.15) is 58.8 Å². The largest absolute Gasteiger partial charge is 0.326 e. The van der Waals surface area contributed by atoms with Crippen molar-refractivity contribution in [3.63, 3.8) is 0 Å². The van der Waals surface area contributed by atoms with E-state index in [2.05, 4.69) is 25.8 Å². The van der Waals surface area contributed by atoms with E-state index in [1.807, 2.05) is 0 Å². The molecule has 0 amide bonds. The van der Waals surface area contributed by atoms with E-state index in [1.54, 1.807) is 0 Å². The first-order chi connectivity index (χ1) is 7.65. The fourth-order valence-electron chi connectivity index (χ4n) is 2.86. The molecule has 0 heterocycles. The molecule has 2 unspecified atom stereocenters. The fraction of sp³-hybridized carbons (Fsp3) is 1.00. The molecule has 1 saturated carbocycles. The minimum absolute atomic E-state index is 0.393. The molecule has 2 N–H and O–H groups in total. The molecule has 0 radical (unpaired) electrons. The van der Waals surface area contributed by atoms with Crippen molar-refractivity contribution in [3.8, 4) is 0 Å². The molecular weight excluding hydrogens is 196 g/mol. The van der Waals surface area contributed by atoms with Crippen LogP contribution in [-0.4, -0.2) is 30.6 Å². The molecule has 1 rings (SSSR count). The van der Waals surface area contributed by atoms with E-state index in [0.717, 1.165) is 12.5 Å². The summed E-state index contributed by atoms with van der Waals surface area (Å²) in [7, 11) is 2.23. The Balaban J connectivity index is 2.28. The standard InChI is InChI=1S/C14H30N2/c1-4-8-12(2)16(3)11-14(15)13-9-6-5-7-10-13/h12-14H,4-11,15H2,1-3H3. The molecule has 0 spiro atoms. The van der Waals surface area contributed by atoms with Crippen LogP contribution in [0, 0.1) is 5.92 Å². The van der Waals surface area contributed by atoms with Crippen LogP contribution in [0.5, 0.6) is 0 Å². The summed E-state index contributed by atoms with van der Waals surface area (Å²) in [5.74, 6) is 0.782. The van der Waals surface area contributed by atoms with Gasteiger partial charge >= 0.3 is 0 Å². The van der Waals surface area contributed by atoms with Crippen LogP contribution < -0.4 is 5.73 Å². The molecule has 2 nitrogen and oxygen atoms in total. The van der Waals surface area contributed by atoms with Gasteiger partial charge in [-0.2, -0.15) is 0 Å². The number of rotatable bonds is 6. The second-order valence-electron chi connectivity index (χ2n) is 5.64. The lowest BCUT2D eigenvalue weighted by atomic mass is 9.84. The normalized spacial score (nSPS) is 22.3. The fourth-order valence-corrected chi connectivity index (χ4v) is 2.86. The van der Waals surface area contributed by atoms with Crippen LogP contribution >= 0.6 is 0 Å². The summed E-state index contributed by atoms with van der Waals surface area (Å²) in [6.07, 6.45) is 9.48. The quantitative estimate of drug-likeness (QED) is 0.754. The smallest absolute Gasteiger partial charge is 0.0196 e. The number of likely N-dealkylation sites (N-methyl/N-ethyl adjacent to an activating group) is 1. The second-order valence-corrected chi connectivity index (χ2v) is 5.64. The summed E-state index contributed by atoms with van der Waals surface area (Å²) in [5.41, 5.74) is 6.34. The van der Waals surface area contributed by atoms with Crippen LogP contribution in [0.15, 0.2) is 0 Å². The van der Waals surface area contributed by atoms with Crippen molar-refractivity contribution in [2.45, 2.75) is 70.9 Å². The highest BCUT2D eigenvalue weighted by Gasteiger charge is 2.22. The van der Waals surface area contributed by atoms with E-state index >= 15 is 0 Å². The number of nitrogens with zero attached hydrogens (tertiary/aromatic N) is 1. The van der Waals surface area contributed by atoms with Crippen molar-refractivity contribution in [1.29, 1.82) is 0 Å². The van der Waals surface area contributed by atoms with Gasteiger partial charge in [-0.25, -0.2) is 0 Å². The number of hydrogen-bond acceptors (Lipinski definition) is 2. The molecule has 0 saturated heterocycles. The average molecular weight is 226 g/mol. The van der Waals surface area contributed by atoms with Gasteiger partial charge in [-0.3, -0.25) is 0 Å². The summed E-state index contributed by atoms with van der Waals surface area (Å²) in [6, 6.07) is 1.07. The third kappa shape index (κ3) is 4.42. The van der Waals surface area contributed by atoms with Gasteiger partial charge in [0, 0.05) is 18.6 Å². The molecule has 1 aliphatic rings. The first-order valence-corrected chi connectivity index (χ1v) is 7.11. The Morgan fingerprint density at radius 3 is 2.44 bits per heavy atom. The van der Waals surface area contributed by atoms with Gasteiger partial charge in [0.25, 0.3) is 0 Å². The zero-order chi connectivity index (χ0) is 12.0. The lowest BCUT2D eigenvalue weighted by Crippen LogP contribution is -2.44. The van der Waals surface area contributed by atoms with E-state index in [-0.39, 0.29) is 0 Å². The third-order valence-corrected chi connectivity index (χ3v) is 4.21. The topological polar surface area (TPSA) is 29.3 Å². The average Bonchev–Trinajstić information content (AvgIpc) is 2.30. The van der Waals surface area contributed by atoms with Crippen molar-refractivity contribution in [3.05, 3.63) is 0 Å². The van der Waals surface area contributed by atoms with Crippen molar-refractivity contribution in [1.82, 2.24) is 4.90 Å². The summed E-state index contributed by atoms with van der Waals surface area (Å²) in [6.45, 7) is 5.65. The Labute approximate surface area is 102 Å². The lowest BCUT2D eigenvalue weighted by Gasteiger charge is -2.33. The Bertz CT molecular complexity index is 176. The minimum atomic E-state index is 0.393. The van der Waals surface area contributed by atoms with E-state index in [0.29, 0.717) is 12.1 Å². The molecule has 2 heteroatoms. The summed E-state index contributed by atoms with van der Waals surface area (Å²) < 4.78 is 0. The van der Waals surface area contributed by atoms with Crippen LogP contribution in [-0.2, 0) is 0 Å². The second kappa shape index (κ2) is 7.29. The van der Waals surface area contributed by atoms with Gasteiger partial charge in [-0.15, -0.1) is 0 Å². The maximum atomic E-state index is 6.34. The first-order valence-electron chi connectivity index (χ1n) is 7.11. The summed E-state index contributed by atoms with van der Waals surface area (Å²) in [5, 5.41) is 0. The highest BCUT2D eigenvalue weighted by molar-refractivity contribution is 4.79.